The molecule has 3 aliphatic carbocycles. The minimum absolute atomic E-state index is 0.676. The summed E-state index contributed by atoms with van der Waals surface area (Å²) in [6.07, 6.45) is 0. The Morgan fingerprint density at radius 2 is 0.446 bits per heavy atom. The van der Waals surface area contributed by atoms with Gasteiger partial charge in [-0.05, 0) is 91.0 Å². The molecule has 74 heavy (non-hydrogen) atoms. The third-order valence-corrected chi connectivity index (χ3v) is 15.8. The molecule has 2 heterocycles. The van der Waals surface area contributed by atoms with Gasteiger partial charge in [-0.2, -0.15) is 0 Å². The molecule has 344 valence electrons. The molecule has 4 nitrogen and oxygen atoms in total. The van der Waals surface area contributed by atoms with E-state index < -0.39 is 10.8 Å². The molecule has 0 N–H and O–H groups in total. The van der Waals surface area contributed by atoms with Crippen molar-refractivity contribution in [3.8, 4) is 90.1 Å². The van der Waals surface area contributed by atoms with Gasteiger partial charge < -0.3 is 0 Å². The maximum Gasteiger partial charge on any atom is 0.160 e. The second-order valence-electron chi connectivity index (χ2n) is 19.6. The Labute approximate surface area is 430 Å². The van der Waals surface area contributed by atoms with Crippen LogP contribution in [0.1, 0.15) is 44.5 Å². The van der Waals surface area contributed by atoms with Gasteiger partial charge in [0.2, 0.25) is 0 Å². The molecular formula is C70H44N4. The van der Waals surface area contributed by atoms with Gasteiger partial charge in [-0.15, -0.1) is 0 Å². The van der Waals surface area contributed by atoms with Crippen molar-refractivity contribution >= 4 is 0 Å². The summed E-state index contributed by atoms with van der Waals surface area (Å²) in [4.78, 5) is 21.7. The number of aromatic nitrogens is 4. The zero-order chi connectivity index (χ0) is 48.8. The highest BCUT2D eigenvalue weighted by atomic mass is 14.9. The van der Waals surface area contributed by atoms with Crippen molar-refractivity contribution in [2.75, 3.05) is 0 Å². The molecule has 12 aromatic rings. The van der Waals surface area contributed by atoms with Crippen LogP contribution in [0.5, 0.6) is 0 Å². The lowest BCUT2D eigenvalue weighted by atomic mass is 9.52. The Balaban J connectivity index is 1.07. The SMILES string of the molecule is c1ccc(-c2cc(-c3ccccc3)nc(-c3ccc4c(c3)C3(c5ccccc5-c5ccccc53)c3ccc(-c5nc(-c6ccccc6)cc(-c6ccccc6)n5)cc3C43c4ccccc4-c4ccccc43)n2)cc1. The normalized spacial score (nSPS) is 13.6. The van der Waals surface area contributed by atoms with E-state index in [2.05, 4.69) is 267 Å². The summed E-state index contributed by atoms with van der Waals surface area (Å²) in [7, 11) is 0. The van der Waals surface area contributed by atoms with Gasteiger partial charge in [-0.3, -0.25) is 0 Å². The van der Waals surface area contributed by atoms with E-state index in [0.29, 0.717) is 11.6 Å². The molecule has 0 aliphatic heterocycles. The number of benzene rings is 10. The van der Waals surface area contributed by atoms with E-state index in [-0.39, 0.29) is 0 Å². The molecule has 0 radical (unpaired) electrons. The average Bonchev–Trinajstić information content (AvgIpc) is 3.97. The summed E-state index contributed by atoms with van der Waals surface area (Å²) in [6.45, 7) is 0. The van der Waals surface area contributed by atoms with Gasteiger partial charge in [-0.25, -0.2) is 19.9 Å². The highest BCUT2D eigenvalue weighted by Gasteiger charge is 2.59. The van der Waals surface area contributed by atoms with Gasteiger partial charge in [0.25, 0.3) is 0 Å². The Hall–Kier alpha value is -9.64. The predicted octanol–water partition coefficient (Wildman–Crippen LogP) is 16.3. The molecule has 0 saturated heterocycles. The topological polar surface area (TPSA) is 51.6 Å². The molecule has 4 heteroatoms. The summed E-state index contributed by atoms with van der Waals surface area (Å²) in [5.74, 6) is 1.35. The van der Waals surface area contributed by atoms with Crippen molar-refractivity contribution in [1.29, 1.82) is 0 Å². The average molecular weight is 941 g/mol. The van der Waals surface area contributed by atoms with E-state index in [4.69, 9.17) is 19.9 Å². The third kappa shape index (κ3) is 6.09. The van der Waals surface area contributed by atoms with Crippen LogP contribution in [0.2, 0.25) is 0 Å². The zero-order valence-corrected chi connectivity index (χ0v) is 40.2. The van der Waals surface area contributed by atoms with Crippen molar-refractivity contribution in [2.45, 2.75) is 10.8 Å². The fourth-order valence-corrected chi connectivity index (χ4v) is 12.7. The number of fused-ring (bicyclic) bond motifs is 16. The molecule has 0 bridgehead atoms. The van der Waals surface area contributed by atoms with Crippen LogP contribution in [0.3, 0.4) is 0 Å². The van der Waals surface area contributed by atoms with E-state index in [1.54, 1.807) is 0 Å². The van der Waals surface area contributed by atoms with Crippen LogP contribution in [-0.4, -0.2) is 19.9 Å². The van der Waals surface area contributed by atoms with Crippen molar-refractivity contribution in [3.63, 3.8) is 0 Å². The monoisotopic (exact) mass is 940 g/mol. The number of nitrogens with zero attached hydrogens (tertiary/aromatic N) is 4. The first-order valence-corrected chi connectivity index (χ1v) is 25.4. The molecule has 2 aromatic heterocycles. The van der Waals surface area contributed by atoms with Gasteiger partial charge in [0, 0.05) is 33.4 Å². The Kier molecular flexibility index (Phi) is 9.36. The van der Waals surface area contributed by atoms with E-state index in [1.165, 1.54) is 66.8 Å². The smallest absolute Gasteiger partial charge is 0.160 e. The largest absolute Gasteiger partial charge is 0.228 e. The second kappa shape index (κ2) is 16.5. The standard InChI is InChI=1S/C70H44N4/c1-5-21-45(22-6-1)63-43-64(46-23-7-2-8-24-46)72-67(71-63)49-37-39-59-61(41-49)69(55-33-17-13-29-51(55)52-30-14-18-34-56(52)69)60-40-38-50(42-62(60)70(59)57-35-19-15-31-53(57)54-32-16-20-36-58(54)70)68-73-65(47-25-9-3-10-26-47)44-66(74-68)48-27-11-4-12-28-48/h1-44H. The van der Waals surface area contributed by atoms with Crippen LogP contribution in [0.15, 0.2) is 267 Å². The maximum absolute atomic E-state index is 5.44. The summed E-state index contributed by atoms with van der Waals surface area (Å²) in [5.41, 5.74) is 22.9. The fraction of sp³-hybridized carbons (Fsp3) is 0.0286. The molecule has 15 rings (SSSR count). The molecule has 10 aromatic carbocycles. The van der Waals surface area contributed by atoms with Gasteiger partial charge in [-0.1, -0.05) is 243 Å². The van der Waals surface area contributed by atoms with Crippen molar-refractivity contribution in [1.82, 2.24) is 19.9 Å². The van der Waals surface area contributed by atoms with E-state index in [1.807, 2.05) is 0 Å². The van der Waals surface area contributed by atoms with Crippen LogP contribution in [-0.2, 0) is 10.8 Å². The zero-order valence-electron chi connectivity index (χ0n) is 40.2. The van der Waals surface area contributed by atoms with E-state index >= 15 is 0 Å². The summed E-state index contributed by atoms with van der Waals surface area (Å²) in [5, 5.41) is 0. The van der Waals surface area contributed by atoms with Crippen LogP contribution in [0.25, 0.3) is 90.1 Å². The summed E-state index contributed by atoms with van der Waals surface area (Å²) < 4.78 is 0. The maximum atomic E-state index is 5.44. The first-order chi connectivity index (χ1) is 36.7. The Morgan fingerprint density at radius 3 is 0.730 bits per heavy atom. The van der Waals surface area contributed by atoms with Crippen molar-refractivity contribution in [3.05, 3.63) is 311 Å². The molecular weight excluding hydrogens is 897 g/mol. The second-order valence-corrected chi connectivity index (χ2v) is 19.6. The van der Waals surface area contributed by atoms with Crippen molar-refractivity contribution in [2.24, 2.45) is 0 Å². The highest BCUT2D eigenvalue weighted by molar-refractivity contribution is 5.95. The minimum atomic E-state index is -0.745. The Morgan fingerprint density at radius 1 is 0.189 bits per heavy atom. The molecule has 2 spiro atoms. The lowest BCUT2D eigenvalue weighted by Gasteiger charge is -2.49. The molecule has 0 amide bonds. The van der Waals surface area contributed by atoms with Crippen LogP contribution >= 0.6 is 0 Å². The van der Waals surface area contributed by atoms with Crippen LogP contribution < -0.4 is 0 Å². The van der Waals surface area contributed by atoms with Crippen LogP contribution in [0, 0.1) is 0 Å². The molecule has 0 fully saturated rings. The summed E-state index contributed by atoms with van der Waals surface area (Å²) in [6, 6.07) is 96.5. The Bertz CT molecular complexity index is 3710. The number of hydrogen-bond donors (Lipinski definition) is 0. The number of rotatable bonds is 6. The van der Waals surface area contributed by atoms with Crippen LogP contribution in [0.4, 0.5) is 0 Å². The van der Waals surface area contributed by atoms with Gasteiger partial charge in [0.05, 0.1) is 33.6 Å². The van der Waals surface area contributed by atoms with Gasteiger partial charge in [0.15, 0.2) is 11.6 Å². The van der Waals surface area contributed by atoms with Gasteiger partial charge >= 0.3 is 0 Å². The molecule has 0 atom stereocenters. The predicted molar refractivity (Wildman–Crippen MR) is 298 cm³/mol. The van der Waals surface area contributed by atoms with Gasteiger partial charge in [0.1, 0.15) is 0 Å². The first-order valence-electron chi connectivity index (χ1n) is 25.4. The third-order valence-electron chi connectivity index (χ3n) is 15.8. The van der Waals surface area contributed by atoms with E-state index in [9.17, 15) is 0 Å². The molecule has 3 aliphatic rings. The minimum Gasteiger partial charge on any atom is -0.228 e. The lowest BCUT2D eigenvalue weighted by molar-refractivity contribution is 0.633. The highest BCUT2D eigenvalue weighted by Crippen LogP contribution is 2.68. The fourth-order valence-electron chi connectivity index (χ4n) is 12.7. The lowest BCUT2D eigenvalue weighted by Crippen LogP contribution is -2.44. The number of hydrogen-bond acceptors (Lipinski definition) is 4. The molecule has 0 unspecified atom stereocenters. The van der Waals surface area contributed by atoms with Crippen molar-refractivity contribution < 1.29 is 0 Å². The first kappa shape index (κ1) is 42.1. The van der Waals surface area contributed by atoms with E-state index in [0.717, 1.165) is 56.2 Å². The quantitative estimate of drug-likeness (QED) is 0.167. The summed E-state index contributed by atoms with van der Waals surface area (Å²) >= 11 is 0. The molecule has 0 saturated carbocycles.